The van der Waals surface area contributed by atoms with Crippen LogP contribution in [-0.2, 0) is 0 Å². The Bertz CT molecular complexity index is 303. The molecular weight excluding hydrogens is 160 g/mol. The van der Waals surface area contributed by atoms with Gasteiger partial charge in [0.05, 0.1) is 0 Å². The third-order valence-corrected chi connectivity index (χ3v) is 2.83. The zero-order chi connectivity index (χ0) is 9.31. The normalized spacial score (nSPS) is 18.2. The number of rotatable bonds is 3. The summed E-state index contributed by atoms with van der Waals surface area (Å²) in [6.07, 6.45) is 3.78. The summed E-state index contributed by atoms with van der Waals surface area (Å²) < 4.78 is 0. The van der Waals surface area contributed by atoms with Gasteiger partial charge >= 0.3 is 0 Å². The van der Waals surface area contributed by atoms with Crippen LogP contribution in [0.1, 0.15) is 26.2 Å². The van der Waals surface area contributed by atoms with E-state index in [1.54, 1.807) is 0 Å². The van der Waals surface area contributed by atoms with Gasteiger partial charge in [-0.3, -0.25) is 0 Å². The Balaban J connectivity index is 2.09. The van der Waals surface area contributed by atoms with Crippen LogP contribution < -0.4 is 11.1 Å². The molecule has 0 spiro atoms. The van der Waals surface area contributed by atoms with Crippen molar-refractivity contribution in [2.45, 2.75) is 31.7 Å². The standard InChI is InChI=1S/C11H16N2/c1-2-11(6-7-11)13-10-5-3-4-9(12)8-10/h3-5,8,13H,2,6-7,12H2,1H3. The predicted octanol–water partition coefficient (Wildman–Crippen LogP) is 2.62. The van der Waals surface area contributed by atoms with Gasteiger partial charge in [0.25, 0.3) is 0 Å². The first-order chi connectivity index (χ1) is 6.24. The second-order valence-electron chi connectivity index (χ2n) is 3.88. The maximum absolute atomic E-state index is 5.70. The van der Waals surface area contributed by atoms with Crippen molar-refractivity contribution in [3.05, 3.63) is 24.3 Å². The Morgan fingerprint density at radius 1 is 1.46 bits per heavy atom. The van der Waals surface area contributed by atoms with Gasteiger partial charge in [-0.2, -0.15) is 0 Å². The number of hydrogen-bond acceptors (Lipinski definition) is 2. The highest BCUT2D eigenvalue weighted by Gasteiger charge is 2.40. The van der Waals surface area contributed by atoms with Crippen LogP contribution in [0.3, 0.4) is 0 Å². The molecule has 0 bridgehead atoms. The Morgan fingerprint density at radius 2 is 2.23 bits per heavy atom. The Morgan fingerprint density at radius 3 is 2.77 bits per heavy atom. The number of nitrogens with one attached hydrogen (secondary N) is 1. The highest BCUT2D eigenvalue weighted by atomic mass is 15.0. The molecule has 1 aromatic rings. The molecule has 1 aromatic carbocycles. The van der Waals surface area contributed by atoms with Gasteiger partial charge in [-0.15, -0.1) is 0 Å². The highest BCUT2D eigenvalue weighted by molar-refractivity contribution is 5.56. The van der Waals surface area contributed by atoms with E-state index in [9.17, 15) is 0 Å². The Labute approximate surface area is 79.1 Å². The Kier molecular flexibility index (Phi) is 1.91. The number of hydrogen-bond donors (Lipinski definition) is 2. The van der Waals surface area contributed by atoms with E-state index in [4.69, 9.17) is 5.73 Å². The van der Waals surface area contributed by atoms with Crippen LogP contribution in [0.5, 0.6) is 0 Å². The van der Waals surface area contributed by atoms with Crippen molar-refractivity contribution in [1.29, 1.82) is 0 Å². The van der Waals surface area contributed by atoms with E-state index in [1.165, 1.54) is 19.3 Å². The van der Waals surface area contributed by atoms with Crippen molar-refractivity contribution < 1.29 is 0 Å². The fourth-order valence-corrected chi connectivity index (χ4v) is 1.64. The lowest BCUT2D eigenvalue weighted by Crippen LogP contribution is -2.19. The topological polar surface area (TPSA) is 38.0 Å². The maximum atomic E-state index is 5.70. The lowest BCUT2D eigenvalue weighted by molar-refractivity contribution is 0.702. The number of anilines is 2. The number of nitrogen functional groups attached to an aromatic ring is 1. The van der Waals surface area contributed by atoms with Gasteiger partial charge in [-0.25, -0.2) is 0 Å². The van der Waals surface area contributed by atoms with Crippen LogP contribution in [0.25, 0.3) is 0 Å². The number of nitrogens with two attached hydrogens (primary N) is 1. The lowest BCUT2D eigenvalue weighted by atomic mass is 10.2. The van der Waals surface area contributed by atoms with Crippen LogP contribution in [-0.4, -0.2) is 5.54 Å². The van der Waals surface area contributed by atoms with Gasteiger partial charge in [-0.1, -0.05) is 13.0 Å². The van der Waals surface area contributed by atoms with E-state index in [0.29, 0.717) is 5.54 Å². The van der Waals surface area contributed by atoms with E-state index >= 15 is 0 Å². The first-order valence-corrected chi connectivity index (χ1v) is 4.88. The second kappa shape index (κ2) is 2.95. The average molecular weight is 176 g/mol. The molecule has 0 atom stereocenters. The summed E-state index contributed by atoms with van der Waals surface area (Å²) in [7, 11) is 0. The zero-order valence-electron chi connectivity index (χ0n) is 8.01. The largest absolute Gasteiger partial charge is 0.399 e. The molecule has 0 aromatic heterocycles. The SMILES string of the molecule is CCC1(Nc2cccc(N)c2)CC1. The molecule has 2 nitrogen and oxygen atoms in total. The maximum Gasteiger partial charge on any atom is 0.0373 e. The smallest absolute Gasteiger partial charge is 0.0373 e. The average Bonchev–Trinajstić information content (AvgIpc) is 2.86. The van der Waals surface area contributed by atoms with Gasteiger partial charge < -0.3 is 11.1 Å². The van der Waals surface area contributed by atoms with Gasteiger partial charge in [0.2, 0.25) is 0 Å². The summed E-state index contributed by atoms with van der Waals surface area (Å²) >= 11 is 0. The van der Waals surface area contributed by atoms with E-state index in [1.807, 2.05) is 18.2 Å². The second-order valence-corrected chi connectivity index (χ2v) is 3.88. The van der Waals surface area contributed by atoms with Gasteiger partial charge in [0, 0.05) is 16.9 Å². The third-order valence-electron chi connectivity index (χ3n) is 2.83. The molecule has 0 saturated heterocycles. The van der Waals surface area contributed by atoms with Crippen molar-refractivity contribution in [1.82, 2.24) is 0 Å². The molecule has 3 N–H and O–H groups in total. The fourth-order valence-electron chi connectivity index (χ4n) is 1.64. The van der Waals surface area contributed by atoms with E-state index < -0.39 is 0 Å². The minimum atomic E-state index is 0.383. The van der Waals surface area contributed by atoms with E-state index in [2.05, 4.69) is 18.3 Å². The molecular formula is C11H16N2. The molecule has 0 amide bonds. The quantitative estimate of drug-likeness (QED) is 0.695. The minimum absolute atomic E-state index is 0.383. The monoisotopic (exact) mass is 176 g/mol. The summed E-state index contributed by atoms with van der Waals surface area (Å²) in [5.74, 6) is 0. The van der Waals surface area contributed by atoms with Crippen molar-refractivity contribution in [2.75, 3.05) is 11.1 Å². The van der Waals surface area contributed by atoms with Gasteiger partial charge in [-0.05, 0) is 37.5 Å². The zero-order valence-corrected chi connectivity index (χ0v) is 8.01. The first kappa shape index (κ1) is 8.42. The molecule has 2 heteroatoms. The predicted molar refractivity (Wildman–Crippen MR) is 56.7 cm³/mol. The summed E-state index contributed by atoms with van der Waals surface area (Å²) in [4.78, 5) is 0. The molecule has 0 aliphatic heterocycles. The van der Waals surface area contributed by atoms with Crippen LogP contribution in [0, 0.1) is 0 Å². The summed E-state index contributed by atoms with van der Waals surface area (Å²) in [5, 5.41) is 3.54. The van der Waals surface area contributed by atoms with Gasteiger partial charge in [0.15, 0.2) is 0 Å². The molecule has 70 valence electrons. The van der Waals surface area contributed by atoms with Crippen molar-refractivity contribution >= 4 is 11.4 Å². The van der Waals surface area contributed by atoms with E-state index in [-0.39, 0.29) is 0 Å². The van der Waals surface area contributed by atoms with Crippen LogP contribution in [0.4, 0.5) is 11.4 Å². The van der Waals surface area contributed by atoms with Crippen LogP contribution in [0.15, 0.2) is 24.3 Å². The van der Waals surface area contributed by atoms with E-state index in [0.717, 1.165) is 11.4 Å². The molecule has 1 fully saturated rings. The highest BCUT2D eigenvalue weighted by Crippen LogP contribution is 2.41. The summed E-state index contributed by atoms with van der Waals surface area (Å²) in [5.41, 5.74) is 8.06. The third kappa shape index (κ3) is 1.77. The molecule has 0 radical (unpaired) electrons. The molecule has 0 unspecified atom stereocenters. The number of benzene rings is 1. The van der Waals surface area contributed by atoms with Crippen molar-refractivity contribution in [2.24, 2.45) is 0 Å². The lowest BCUT2D eigenvalue weighted by Gasteiger charge is -2.16. The first-order valence-electron chi connectivity index (χ1n) is 4.88. The molecule has 1 saturated carbocycles. The van der Waals surface area contributed by atoms with Crippen LogP contribution in [0.2, 0.25) is 0 Å². The molecule has 1 aliphatic rings. The molecule has 1 aliphatic carbocycles. The van der Waals surface area contributed by atoms with Crippen molar-refractivity contribution in [3.63, 3.8) is 0 Å². The van der Waals surface area contributed by atoms with Crippen molar-refractivity contribution in [3.8, 4) is 0 Å². The van der Waals surface area contributed by atoms with Crippen LogP contribution >= 0.6 is 0 Å². The summed E-state index contributed by atoms with van der Waals surface area (Å²) in [6, 6.07) is 7.97. The minimum Gasteiger partial charge on any atom is -0.399 e. The fraction of sp³-hybridized carbons (Fsp3) is 0.455. The molecule has 13 heavy (non-hydrogen) atoms. The Hall–Kier alpha value is -1.18. The molecule has 0 heterocycles. The summed E-state index contributed by atoms with van der Waals surface area (Å²) in [6.45, 7) is 2.23. The molecule has 2 rings (SSSR count). The van der Waals surface area contributed by atoms with Gasteiger partial charge in [0.1, 0.15) is 0 Å².